The van der Waals surface area contributed by atoms with Gasteiger partial charge >= 0.3 is 0 Å². The number of rotatable bonds is 4. The average molecular weight is 368 g/mol. The summed E-state index contributed by atoms with van der Waals surface area (Å²) in [5.41, 5.74) is 1.20. The monoisotopic (exact) mass is 367 g/mol. The van der Waals surface area contributed by atoms with Gasteiger partial charge in [0.15, 0.2) is 0 Å². The lowest BCUT2D eigenvalue weighted by atomic mass is 9.94. The maximum Gasteiger partial charge on any atom is 0.251 e. The Balaban J connectivity index is 0.00000312. The fourth-order valence-corrected chi connectivity index (χ4v) is 2.66. The highest BCUT2D eigenvalue weighted by atomic mass is 35.5. The van der Waals surface area contributed by atoms with Gasteiger partial charge in [0.05, 0.1) is 0 Å². The van der Waals surface area contributed by atoms with Gasteiger partial charge in [0.25, 0.3) is 11.8 Å². The van der Waals surface area contributed by atoms with Gasteiger partial charge in [0.2, 0.25) is 0 Å². The minimum atomic E-state index is -0.109. The zero-order valence-corrected chi connectivity index (χ0v) is 16.3. The SMILES string of the molecule is CC1CCNCC1NC(=O)c1ccc(C(=O)NCC(C)(C)C)cc1.Cl. The molecule has 2 rings (SSSR count). The minimum Gasteiger partial charge on any atom is -0.352 e. The van der Waals surface area contributed by atoms with Crippen LogP contribution in [0.4, 0.5) is 0 Å². The van der Waals surface area contributed by atoms with Crippen LogP contribution in [0.2, 0.25) is 0 Å². The van der Waals surface area contributed by atoms with Gasteiger partial charge in [-0.15, -0.1) is 12.4 Å². The molecule has 1 aromatic carbocycles. The lowest BCUT2D eigenvalue weighted by Gasteiger charge is -2.30. The molecule has 0 spiro atoms. The van der Waals surface area contributed by atoms with Gasteiger partial charge in [-0.25, -0.2) is 0 Å². The van der Waals surface area contributed by atoms with Crippen molar-refractivity contribution in [3.05, 3.63) is 35.4 Å². The molecule has 1 fully saturated rings. The van der Waals surface area contributed by atoms with Gasteiger partial charge in [-0.1, -0.05) is 27.7 Å². The fourth-order valence-electron chi connectivity index (χ4n) is 2.66. The smallest absolute Gasteiger partial charge is 0.251 e. The molecule has 2 atom stereocenters. The van der Waals surface area contributed by atoms with Crippen molar-refractivity contribution in [2.24, 2.45) is 11.3 Å². The summed E-state index contributed by atoms with van der Waals surface area (Å²) in [6, 6.07) is 6.98. The van der Waals surface area contributed by atoms with E-state index in [9.17, 15) is 9.59 Å². The Bertz CT molecular complexity index is 581. The Hall–Kier alpha value is -1.59. The molecule has 0 saturated carbocycles. The van der Waals surface area contributed by atoms with Gasteiger partial charge in [0.1, 0.15) is 0 Å². The molecule has 0 aliphatic carbocycles. The molecule has 0 aromatic heterocycles. The molecule has 25 heavy (non-hydrogen) atoms. The van der Waals surface area contributed by atoms with Crippen LogP contribution in [0.1, 0.15) is 54.8 Å². The summed E-state index contributed by atoms with van der Waals surface area (Å²) < 4.78 is 0. The number of carbonyl (C=O) groups excluding carboxylic acids is 2. The van der Waals surface area contributed by atoms with Crippen LogP contribution in [0.25, 0.3) is 0 Å². The largest absolute Gasteiger partial charge is 0.352 e. The lowest BCUT2D eigenvalue weighted by molar-refractivity contribution is 0.0910. The van der Waals surface area contributed by atoms with Crippen molar-refractivity contribution in [3.63, 3.8) is 0 Å². The standard InChI is InChI=1S/C19H29N3O2.ClH/c1-13-9-10-20-11-16(13)22-18(24)15-7-5-14(6-8-15)17(23)21-12-19(2,3)4;/h5-8,13,16,20H,9-12H2,1-4H3,(H,21,23)(H,22,24);1H. The number of hydrogen-bond acceptors (Lipinski definition) is 3. The van der Waals surface area contributed by atoms with Crippen LogP contribution in [0.5, 0.6) is 0 Å². The summed E-state index contributed by atoms with van der Waals surface area (Å²) in [4.78, 5) is 24.5. The maximum absolute atomic E-state index is 12.4. The van der Waals surface area contributed by atoms with Crippen molar-refractivity contribution in [3.8, 4) is 0 Å². The summed E-state index contributed by atoms with van der Waals surface area (Å²) in [6.45, 7) is 10.8. The number of halogens is 1. The second-order valence-electron chi connectivity index (χ2n) is 7.87. The zero-order chi connectivity index (χ0) is 17.7. The minimum absolute atomic E-state index is 0. The van der Waals surface area contributed by atoms with Crippen LogP contribution in [-0.4, -0.2) is 37.5 Å². The number of piperidine rings is 1. The second-order valence-corrected chi connectivity index (χ2v) is 7.87. The average Bonchev–Trinajstić information content (AvgIpc) is 2.54. The summed E-state index contributed by atoms with van der Waals surface area (Å²) >= 11 is 0. The molecule has 2 unspecified atom stereocenters. The first-order valence-electron chi connectivity index (χ1n) is 8.66. The Morgan fingerprint density at radius 1 is 1.12 bits per heavy atom. The van der Waals surface area contributed by atoms with Crippen LogP contribution >= 0.6 is 12.4 Å². The van der Waals surface area contributed by atoms with E-state index in [1.807, 2.05) is 0 Å². The number of carbonyl (C=O) groups is 2. The van der Waals surface area contributed by atoms with Crippen LogP contribution in [-0.2, 0) is 0 Å². The fraction of sp³-hybridized carbons (Fsp3) is 0.579. The Kier molecular flexibility index (Phi) is 7.90. The van der Waals surface area contributed by atoms with E-state index >= 15 is 0 Å². The molecular weight excluding hydrogens is 338 g/mol. The number of amides is 2. The first kappa shape index (κ1) is 21.5. The topological polar surface area (TPSA) is 70.2 Å². The molecule has 6 heteroatoms. The van der Waals surface area contributed by atoms with E-state index in [1.54, 1.807) is 24.3 Å². The van der Waals surface area contributed by atoms with Crippen molar-refractivity contribution in [1.29, 1.82) is 0 Å². The number of nitrogens with one attached hydrogen (secondary N) is 3. The molecule has 0 radical (unpaired) electrons. The first-order chi connectivity index (χ1) is 11.3. The van der Waals surface area contributed by atoms with Crippen LogP contribution in [0.3, 0.4) is 0 Å². The van der Waals surface area contributed by atoms with E-state index in [2.05, 4.69) is 43.6 Å². The van der Waals surface area contributed by atoms with Gasteiger partial charge in [0, 0.05) is 30.3 Å². The molecule has 140 valence electrons. The van der Waals surface area contributed by atoms with Gasteiger partial charge in [-0.05, 0) is 48.6 Å². The van der Waals surface area contributed by atoms with Gasteiger partial charge < -0.3 is 16.0 Å². The summed E-state index contributed by atoms with van der Waals surface area (Å²) in [5, 5.41) is 9.29. The third-order valence-electron chi connectivity index (χ3n) is 4.33. The van der Waals surface area contributed by atoms with Crippen LogP contribution in [0, 0.1) is 11.3 Å². The van der Waals surface area contributed by atoms with Gasteiger partial charge in [-0.2, -0.15) is 0 Å². The lowest BCUT2D eigenvalue weighted by Crippen LogP contribution is -2.50. The highest BCUT2D eigenvalue weighted by Crippen LogP contribution is 2.13. The number of hydrogen-bond donors (Lipinski definition) is 3. The molecule has 1 aliphatic heterocycles. The van der Waals surface area contributed by atoms with Crippen molar-refractivity contribution < 1.29 is 9.59 Å². The molecular formula is C19H30ClN3O2. The molecule has 5 nitrogen and oxygen atoms in total. The van der Waals surface area contributed by atoms with E-state index in [1.165, 1.54) is 0 Å². The Morgan fingerprint density at radius 2 is 1.68 bits per heavy atom. The Morgan fingerprint density at radius 3 is 2.20 bits per heavy atom. The van der Waals surface area contributed by atoms with Crippen molar-refractivity contribution >= 4 is 24.2 Å². The highest BCUT2D eigenvalue weighted by molar-refractivity contribution is 5.97. The van der Waals surface area contributed by atoms with Crippen molar-refractivity contribution in [2.45, 2.75) is 40.2 Å². The maximum atomic E-state index is 12.4. The number of benzene rings is 1. The molecule has 0 bridgehead atoms. The van der Waals surface area contributed by atoms with E-state index in [-0.39, 0.29) is 35.7 Å². The third kappa shape index (κ3) is 6.67. The quantitative estimate of drug-likeness (QED) is 0.766. The molecule has 1 heterocycles. The van der Waals surface area contributed by atoms with Crippen molar-refractivity contribution in [2.75, 3.05) is 19.6 Å². The van der Waals surface area contributed by atoms with Gasteiger partial charge in [-0.3, -0.25) is 9.59 Å². The predicted molar refractivity (Wildman–Crippen MR) is 103 cm³/mol. The molecule has 1 saturated heterocycles. The molecule has 1 aromatic rings. The van der Waals surface area contributed by atoms with E-state index in [0.717, 1.165) is 19.5 Å². The second kappa shape index (κ2) is 9.20. The van der Waals surface area contributed by atoms with E-state index in [0.29, 0.717) is 23.6 Å². The summed E-state index contributed by atoms with van der Waals surface area (Å²) in [5.74, 6) is 0.275. The van der Waals surface area contributed by atoms with E-state index < -0.39 is 0 Å². The summed E-state index contributed by atoms with van der Waals surface area (Å²) in [7, 11) is 0. The van der Waals surface area contributed by atoms with Crippen LogP contribution in [0.15, 0.2) is 24.3 Å². The first-order valence-corrected chi connectivity index (χ1v) is 8.66. The molecule has 2 amide bonds. The Labute approximate surface area is 156 Å². The zero-order valence-electron chi connectivity index (χ0n) is 15.5. The molecule has 3 N–H and O–H groups in total. The highest BCUT2D eigenvalue weighted by Gasteiger charge is 2.23. The predicted octanol–water partition coefficient (Wildman–Crippen LogP) is 2.61. The summed E-state index contributed by atoms with van der Waals surface area (Å²) in [6.07, 6.45) is 1.07. The van der Waals surface area contributed by atoms with E-state index in [4.69, 9.17) is 0 Å². The normalized spacial score (nSPS) is 20.3. The van der Waals surface area contributed by atoms with Crippen LogP contribution < -0.4 is 16.0 Å². The third-order valence-corrected chi connectivity index (χ3v) is 4.33. The molecule has 1 aliphatic rings. The van der Waals surface area contributed by atoms with Crippen molar-refractivity contribution in [1.82, 2.24) is 16.0 Å².